The lowest BCUT2D eigenvalue weighted by Crippen LogP contribution is -2.44. The van der Waals surface area contributed by atoms with Crippen molar-refractivity contribution in [3.63, 3.8) is 0 Å². The largest absolute Gasteiger partial charge is 0.426 e. The van der Waals surface area contributed by atoms with Gasteiger partial charge in [-0.25, -0.2) is 0 Å². The van der Waals surface area contributed by atoms with Gasteiger partial charge in [0.05, 0.1) is 0 Å². The Morgan fingerprint density at radius 3 is 1.90 bits per heavy atom. The Bertz CT molecular complexity index is 531. The van der Waals surface area contributed by atoms with Crippen LogP contribution in [0.2, 0.25) is 0 Å². The molecule has 0 spiro atoms. The average molecular weight is 314 g/mol. The summed E-state index contributed by atoms with van der Waals surface area (Å²) in [6.45, 7) is 4.62. The first-order valence-electron chi connectivity index (χ1n) is 5.77. The Balaban J connectivity index is 3.15. The minimum Gasteiger partial charge on any atom is -0.426 e. The molecule has 0 aliphatic rings. The van der Waals surface area contributed by atoms with Crippen molar-refractivity contribution >= 4 is 5.97 Å². The van der Waals surface area contributed by atoms with Crippen LogP contribution in [0.4, 0.5) is 26.3 Å². The van der Waals surface area contributed by atoms with Gasteiger partial charge in [0.15, 0.2) is 0 Å². The van der Waals surface area contributed by atoms with Crippen LogP contribution in [-0.2, 0) is 4.79 Å². The third kappa shape index (κ3) is 4.12. The van der Waals surface area contributed by atoms with Crippen LogP contribution in [0.5, 0.6) is 5.75 Å². The SMILES string of the molecule is Cc1cc(C)c(C)c(OC(=O)C(C(F)(F)F)C(F)(F)F)c1. The average Bonchev–Trinajstić information content (AvgIpc) is 2.20. The fourth-order valence-electron chi connectivity index (χ4n) is 1.73. The zero-order chi connectivity index (χ0) is 16.6. The third-order valence-electron chi connectivity index (χ3n) is 2.86. The number of alkyl halides is 6. The topological polar surface area (TPSA) is 26.3 Å². The molecule has 1 aromatic rings. The minimum absolute atomic E-state index is 0.303. The van der Waals surface area contributed by atoms with Gasteiger partial charge in [-0.2, -0.15) is 26.3 Å². The van der Waals surface area contributed by atoms with E-state index in [0.29, 0.717) is 16.7 Å². The van der Waals surface area contributed by atoms with Gasteiger partial charge in [0.25, 0.3) is 0 Å². The fraction of sp³-hybridized carbons (Fsp3) is 0.462. The molecular weight excluding hydrogens is 302 g/mol. The van der Waals surface area contributed by atoms with E-state index in [4.69, 9.17) is 0 Å². The highest BCUT2D eigenvalue weighted by Crippen LogP contribution is 2.40. The highest BCUT2D eigenvalue weighted by molar-refractivity contribution is 5.77. The summed E-state index contributed by atoms with van der Waals surface area (Å²) in [7, 11) is 0. The fourth-order valence-corrected chi connectivity index (χ4v) is 1.73. The number of halogens is 6. The summed E-state index contributed by atoms with van der Waals surface area (Å²) in [6, 6.07) is 2.88. The predicted octanol–water partition coefficient (Wildman–Crippen LogP) is 4.26. The van der Waals surface area contributed by atoms with E-state index in [1.807, 2.05) is 0 Å². The molecule has 2 nitrogen and oxygen atoms in total. The second-order valence-electron chi connectivity index (χ2n) is 4.64. The third-order valence-corrected chi connectivity index (χ3v) is 2.86. The molecule has 0 atom stereocenters. The Hall–Kier alpha value is -1.73. The number of hydrogen-bond donors (Lipinski definition) is 0. The molecule has 0 bridgehead atoms. The minimum atomic E-state index is -5.76. The Labute approximate surface area is 116 Å². The van der Waals surface area contributed by atoms with Gasteiger partial charge in [0.1, 0.15) is 5.75 Å². The van der Waals surface area contributed by atoms with E-state index < -0.39 is 24.2 Å². The maximum absolute atomic E-state index is 12.4. The molecule has 1 rings (SSSR count). The van der Waals surface area contributed by atoms with E-state index in [1.165, 1.54) is 13.0 Å². The molecule has 0 amide bonds. The lowest BCUT2D eigenvalue weighted by molar-refractivity contribution is -0.279. The summed E-state index contributed by atoms with van der Waals surface area (Å²) >= 11 is 0. The highest BCUT2D eigenvalue weighted by atomic mass is 19.4. The van der Waals surface area contributed by atoms with Crippen LogP contribution in [-0.4, -0.2) is 18.3 Å². The van der Waals surface area contributed by atoms with Crippen LogP contribution >= 0.6 is 0 Å². The van der Waals surface area contributed by atoms with Crippen LogP contribution in [0.1, 0.15) is 16.7 Å². The van der Waals surface area contributed by atoms with Gasteiger partial charge in [0.2, 0.25) is 5.92 Å². The van der Waals surface area contributed by atoms with Crippen molar-refractivity contribution in [2.45, 2.75) is 33.1 Å². The van der Waals surface area contributed by atoms with Crippen molar-refractivity contribution < 1.29 is 35.9 Å². The van der Waals surface area contributed by atoms with Crippen LogP contribution in [0.25, 0.3) is 0 Å². The number of rotatable bonds is 2. The second kappa shape index (κ2) is 5.57. The summed E-state index contributed by atoms with van der Waals surface area (Å²) in [5, 5.41) is 0. The number of benzene rings is 1. The molecule has 0 radical (unpaired) electrons. The van der Waals surface area contributed by atoms with Crippen LogP contribution < -0.4 is 4.74 Å². The monoisotopic (exact) mass is 314 g/mol. The quantitative estimate of drug-likeness (QED) is 0.463. The molecule has 0 aliphatic carbocycles. The number of esters is 1. The molecule has 0 aliphatic heterocycles. The second-order valence-corrected chi connectivity index (χ2v) is 4.64. The van der Waals surface area contributed by atoms with E-state index in [2.05, 4.69) is 4.74 Å². The number of hydrogen-bond acceptors (Lipinski definition) is 2. The molecule has 0 saturated carbocycles. The maximum atomic E-state index is 12.4. The van der Waals surface area contributed by atoms with Gasteiger partial charge in [-0.15, -0.1) is 0 Å². The summed E-state index contributed by atoms with van der Waals surface area (Å²) in [6.07, 6.45) is -11.5. The van der Waals surface area contributed by atoms with Crippen LogP contribution in [0.3, 0.4) is 0 Å². The molecule has 21 heavy (non-hydrogen) atoms. The van der Waals surface area contributed by atoms with Crippen LogP contribution in [0, 0.1) is 26.7 Å². The molecule has 0 fully saturated rings. The number of ether oxygens (including phenoxy) is 1. The Kier molecular flexibility index (Phi) is 4.60. The van der Waals surface area contributed by atoms with Crippen molar-refractivity contribution in [3.8, 4) is 5.75 Å². The summed E-state index contributed by atoms with van der Waals surface area (Å²) in [5.74, 6) is -6.86. The van der Waals surface area contributed by atoms with E-state index in [9.17, 15) is 31.1 Å². The van der Waals surface area contributed by atoms with Gasteiger partial charge >= 0.3 is 18.3 Å². The Morgan fingerprint density at radius 1 is 1.00 bits per heavy atom. The number of aryl methyl sites for hydroxylation is 2. The first-order chi connectivity index (χ1) is 9.34. The molecule has 0 saturated heterocycles. The molecule has 0 heterocycles. The molecule has 8 heteroatoms. The van der Waals surface area contributed by atoms with Crippen LogP contribution in [0.15, 0.2) is 12.1 Å². The van der Waals surface area contributed by atoms with Crippen molar-refractivity contribution in [1.29, 1.82) is 0 Å². The molecule has 118 valence electrons. The smallest absolute Gasteiger partial charge is 0.411 e. The number of carbonyl (C=O) groups excluding carboxylic acids is 1. The van der Waals surface area contributed by atoms with E-state index in [0.717, 1.165) is 0 Å². The lowest BCUT2D eigenvalue weighted by Gasteiger charge is -2.21. The van der Waals surface area contributed by atoms with Crippen molar-refractivity contribution in [2.75, 3.05) is 0 Å². The first kappa shape index (κ1) is 17.3. The zero-order valence-electron chi connectivity index (χ0n) is 11.3. The maximum Gasteiger partial charge on any atom is 0.411 e. The van der Waals surface area contributed by atoms with Gasteiger partial charge in [-0.3, -0.25) is 4.79 Å². The van der Waals surface area contributed by atoms with E-state index >= 15 is 0 Å². The molecular formula is C13H12F6O2. The molecule has 1 aromatic carbocycles. The van der Waals surface area contributed by atoms with Gasteiger partial charge < -0.3 is 4.74 Å². The van der Waals surface area contributed by atoms with E-state index in [-0.39, 0.29) is 5.75 Å². The van der Waals surface area contributed by atoms with Gasteiger partial charge in [-0.05, 0) is 43.5 Å². The summed E-state index contributed by atoms with van der Waals surface area (Å²) in [4.78, 5) is 11.3. The first-order valence-corrected chi connectivity index (χ1v) is 5.77. The standard InChI is InChI=1S/C13H12F6O2/c1-6-4-7(2)8(3)9(5-6)21-11(20)10(12(14,15)16)13(17,18)19/h4-5,10H,1-3H3. The van der Waals surface area contributed by atoms with Gasteiger partial charge in [-0.1, -0.05) is 6.07 Å². The molecule has 0 N–H and O–H groups in total. The summed E-state index contributed by atoms with van der Waals surface area (Å²) in [5.41, 5.74) is 1.45. The molecule has 0 unspecified atom stereocenters. The highest BCUT2D eigenvalue weighted by Gasteiger charge is 2.62. The lowest BCUT2D eigenvalue weighted by atomic mass is 10.1. The van der Waals surface area contributed by atoms with Crippen molar-refractivity contribution in [3.05, 3.63) is 28.8 Å². The predicted molar refractivity (Wildman–Crippen MR) is 61.9 cm³/mol. The summed E-state index contributed by atoms with van der Waals surface area (Å²) < 4.78 is 78.8. The normalized spacial score (nSPS) is 12.7. The van der Waals surface area contributed by atoms with Gasteiger partial charge in [0, 0.05) is 0 Å². The Morgan fingerprint density at radius 2 is 1.48 bits per heavy atom. The number of carbonyl (C=O) groups is 1. The van der Waals surface area contributed by atoms with E-state index in [1.54, 1.807) is 19.9 Å². The van der Waals surface area contributed by atoms with Crippen molar-refractivity contribution in [1.82, 2.24) is 0 Å². The van der Waals surface area contributed by atoms with Crippen molar-refractivity contribution in [2.24, 2.45) is 5.92 Å². The molecule has 0 aromatic heterocycles. The zero-order valence-corrected chi connectivity index (χ0v) is 11.3.